The van der Waals surface area contributed by atoms with Crippen LogP contribution in [0.5, 0.6) is 0 Å². The number of benzene rings is 1. The van der Waals surface area contributed by atoms with Gasteiger partial charge in [0, 0.05) is 34.9 Å². The molecule has 3 aromatic rings. The minimum absolute atomic E-state index is 0.408. The first-order valence-electron chi connectivity index (χ1n) is 6.29. The van der Waals surface area contributed by atoms with Gasteiger partial charge in [-0.1, -0.05) is 6.07 Å². The molecule has 2 heterocycles. The van der Waals surface area contributed by atoms with Crippen LogP contribution in [0.3, 0.4) is 0 Å². The molecule has 96 valence electrons. The summed E-state index contributed by atoms with van der Waals surface area (Å²) in [4.78, 5) is 12.1. The maximum Gasteiger partial charge on any atom is 0.0889 e. The number of aromatic nitrogens is 3. The molecule has 4 nitrogen and oxygen atoms in total. The van der Waals surface area contributed by atoms with Crippen molar-refractivity contribution in [3.05, 3.63) is 47.5 Å². The minimum Gasteiger partial charge on any atom is -0.358 e. The summed E-state index contributed by atoms with van der Waals surface area (Å²) in [6.07, 6.45) is 3.48. The molecular weight excluding hydrogens is 236 g/mol. The second-order valence-electron chi connectivity index (χ2n) is 4.74. The van der Waals surface area contributed by atoms with E-state index in [2.05, 4.69) is 47.0 Å². The third-order valence-electron chi connectivity index (χ3n) is 3.50. The third kappa shape index (κ3) is 2.00. The molecule has 0 spiro atoms. The van der Waals surface area contributed by atoms with E-state index >= 15 is 0 Å². The Morgan fingerprint density at radius 1 is 1.21 bits per heavy atom. The van der Waals surface area contributed by atoms with Crippen LogP contribution in [0, 0.1) is 13.8 Å². The van der Waals surface area contributed by atoms with Crippen LogP contribution in [0.4, 0.5) is 0 Å². The van der Waals surface area contributed by atoms with Gasteiger partial charge in [0.05, 0.1) is 17.6 Å². The molecule has 2 aromatic heterocycles. The SMILES string of the molecule is Cc1[nH]c2ccc(-c3cncc(CN)n3)cc2c1C. The zero-order valence-electron chi connectivity index (χ0n) is 11.1. The fraction of sp³-hybridized carbons (Fsp3) is 0.200. The summed E-state index contributed by atoms with van der Waals surface area (Å²) < 4.78 is 0. The highest BCUT2D eigenvalue weighted by atomic mass is 14.8. The molecular formula is C15H16N4. The molecule has 3 N–H and O–H groups in total. The lowest BCUT2D eigenvalue weighted by molar-refractivity contribution is 0.967. The monoisotopic (exact) mass is 252 g/mol. The topological polar surface area (TPSA) is 67.6 Å². The molecule has 0 fully saturated rings. The standard InChI is InChI=1S/C15H16N4/c1-9-10(2)18-14-4-3-11(5-13(9)14)15-8-17-7-12(6-16)19-15/h3-5,7-8,18H,6,16H2,1-2H3. The molecule has 0 bridgehead atoms. The fourth-order valence-electron chi connectivity index (χ4n) is 2.26. The zero-order valence-corrected chi connectivity index (χ0v) is 11.1. The Morgan fingerprint density at radius 2 is 2.05 bits per heavy atom. The number of hydrogen-bond acceptors (Lipinski definition) is 3. The van der Waals surface area contributed by atoms with Gasteiger partial charge in [-0.25, -0.2) is 4.98 Å². The Bertz CT molecular complexity index is 743. The average molecular weight is 252 g/mol. The Labute approximate surface area is 111 Å². The van der Waals surface area contributed by atoms with Gasteiger partial charge in [0.2, 0.25) is 0 Å². The van der Waals surface area contributed by atoms with Gasteiger partial charge in [0.1, 0.15) is 0 Å². The van der Waals surface area contributed by atoms with Crippen molar-refractivity contribution < 1.29 is 0 Å². The van der Waals surface area contributed by atoms with Crippen molar-refractivity contribution in [2.45, 2.75) is 20.4 Å². The highest BCUT2D eigenvalue weighted by molar-refractivity contribution is 5.88. The molecule has 4 heteroatoms. The Balaban J connectivity index is 2.16. The summed E-state index contributed by atoms with van der Waals surface area (Å²) in [5.74, 6) is 0. The van der Waals surface area contributed by atoms with E-state index < -0.39 is 0 Å². The number of aromatic amines is 1. The van der Waals surface area contributed by atoms with Crippen molar-refractivity contribution in [1.29, 1.82) is 0 Å². The number of fused-ring (bicyclic) bond motifs is 1. The Morgan fingerprint density at radius 3 is 2.84 bits per heavy atom. The second kappa shape index (κ2) is 4.48. The summed E-state index contributed by atoms with van der Waals surface area (Å²) in [6, 6.07) is 6.29. The highest BCUT2D eigenvalue weighted by Crippen LogP contribution is 2.26. The van der Waals surface area contributed by atoms with Gasteiger partial charge in [0.25, 0.3) is 0 Å². The molecule has 0 saturated heterocycles. The number of nitrogens with two attached hydrogens (primary N) is 1. The van der Waals surface area contributed by atoms with Crippen LogP contribution in [0.15, 0.2) is 30.6 Å². The summed E-state index contributed by atoms with van der Waals surface area (Å²) in [7, 11) is 0. The Hall–Kier alpha value is -2.20. The summed E-state index contributed by atoms with van der Waals surface area (Å²) in [6.45, 7) is 4.62. The number of hydrogen-bond donors (Lipinski definition) is 2. The lowest BCUT2D eigenvalue weighted by Crippen LogP contribution is -2.01. The van der Waals surface area contributed by atoms with Crippen molar-refractivity contribution in [3.8, 4) is 11.3 Å². The van der Waals surface area contributed by atoms with E-state index in [1.807, 2.05) is 0 Å². The van der Waals surface area contributed by atoms with Crippen LogP contribution in [0.25, 0.3) is 22.2 Å². The maximum atomic E-state index is 5.61. The van der Waals surface area contributed by atoms with E-state index in [0.29, 0.717) is 6.54 Å². The van der Waals surface area contributed by atoms with Gasteiger partial charge >= 0.3 is 0 Å². The first kappa shape index (κ1) is 11.9. The van der Waals surface area contributed by atoms with Crippen LogP contribution in [0.2, 0.25) is 0 Å². The minimum atomic E-state index is 0.408. The molecule has 0 amide bonds. The van der Waals surface area contributed by atoms with Gasteiger partial charge in [-0.3, -0.25) is 4.98 Å². The van der Waals surface area contributed by atoms with Gasteiger partial charge < -0.3 is 10.7 Å². The molecule has 1 aromatic carbocycles. The quantitative estimate of drug-likeness (QED) is 0.736. The van der Waals surface area contributed by atoms with Crippen LogP contribution in [-0.2, 0) is 6.54 Å². The van der Waals surface area contributed by atoms with Crippen molar-refractivity contribution in [1.82, 2.24) is 15.0 Å². The van der Waals surface area contributed by atoms with E-state index in [1.54, 1.807) is 12.4 Å². The molecule has 0 aliphatic carbocycles. The van der Waals surface area contributed by atoms with Crippen LogP contribution < -0.4 is 5.73 Å². The predicted molar refractivity (Wildman–Crippen MR) is 76.7 cm³/mol. The van der Waals surface area contributed by atoms with Crippen LogP contribution in [0.1, 0.15) is 17.0 Å². The maximum absolute atomic E-state index is 5.61. The lowest BCUT2D eigenvalue weighted by Gasteiger charge is -2.03. The van der Waals surface area contributed by atoms with E-state index in [1.165, 1.54) is 16.6 Å². The van der Waals surface area contributed by atoms with Gasteiger partial charge in [-0.05, 0) is 31.5 Å². The molecule has 0 unspecified atom stereocenters. The fourth-order valence-corrected chi connectivity index (χ4v) is 2.26. The summed E-state index contributed by atoms with van der Waals surface area (Å²) in [5, 5.41) is 1.23. The zero-order chi connectivity index (χ0) is 13.4. The summed E-state index contributed by atoms with van der Waals surface area (Å²) in [5.41, 5.74) is 12.0. The molecule has 19 heavy (non-hydrogen) atoms. The van der Waals surface area contributed by atoms with E-state index in [4.69, 9.17) is 5.73 Å². The number of nitrogens with zero attached hydrogens (tertiary/aromatic N) is 2. The molecule has 0 aliphatic heterocycles. The molecule has 3 rings (SSSR count). The van der Waals surface area contributed by atoms with Crippen molar-refractivity contribution >= 4 is 10.9 Å². The van der Waals surface area contributed by atoms with Crippen molar-refractivity contribution in [2.75, 3.05) is 0 Å². The summed E-state index contributed by atoms with van der Waals surface area (Å²) >= 11 is 0. The number of H-pyrrole nitrogens is 1. The predicted octanol–water partition coefficient (Wildman–Crippen LogP) is 2.70. The first-order valence-corrected chi connectivity index (χ1v) is 6.29. The van der Waals surface area contributed by atoms with Gasteiger partial charge in [0.15, 0.2) is 0 Å². The van der Waals surface area contributed by atoms with Crippen molar-refractivity contribution in [3.63, 3.8) is 0 Å². The average Bonchev–Trinajstić information content (AvgIpc) is 2.74. The highest BCUT2D eigenvalue weighted by Gasteiger charge is 2.07. The third-order valence-corrected chi connectivity index (χ3v) is 3.50. The second-order valence-corrected chi connectivity index (χ2v) is 4.74. The molecule has 0 aliphatic rings. The number of nitrogens with one attached hydrogen (secondary N) is 1. The molecule has 0 atom stereocenters. The van der Waals surface area contributed by atoms with Gasteiger partial charge in [-0.2, -0.15) is 0 Å². The lowest BCUT2D eigenvalue weighted by atomic mass is 10.1. The normalized spacial score (nSPS) is 11.1. The first-order chi connectivity index (χ1) is 9.19. The van der Waals surface area contributed by atoms with E-state index in [0.717, 1.165) is 22.5 Å². The van der Waals surface area contributed by atoms with Gasteiger partial charge in [-0.15, -0.1) is 0 Å². The van der Waals surface area contributed by atoms with E-state index in [-0.39, 0.29) is 0 Å². The van der Waals surface area contributed by atoms with Crippen molar-refractivity contribution in [2.24, 2.45) is 5.73 Å². The Kier molecular flexibility index (Phi) is 2.80. The van der Waals surface area contributed by atoms with Crippen LogP contribution in [-0.4, -0.2) is 15.0 Å². The number of rotatable bonds is 2. The van der Waals surface area contributed by atoms with E-state index in [9.17, 15) is 0 Å². The number of aryl methyl sites for hydroxylation is 2. The largest absolute Gasteiger partial charge is 0.358 e. The molecule has 0 saturated carbocycles. The molecule has 0 radical (unpaired) electrons. The smallest absolute Gasteiger partial charge is 0.0889 e. The van der Waals surface area contributed by atoms with Crippen LogP contribution >= 0.6 is 0 Å².